The zero-order valence-corrected chi connectivity index (χ0v) is 16.6. The molecule has 0 aliphatic heterocycles. The number of benzene rings is 2. The van der Waals surface area contributed by atoms with Gasteiger partial charge < -0.3 is 0 Å². The van der Waals surface area contributed by atoms with E-state index < -0.39 is 15.9 Å². The van der Waals surface area contributed by atoms with Crippen molar-refractivity contribution in [1.29, 1.82) is 0 Å². The Labute approximate surface area is 167 Å². The summed E-state index contributed by atoms with van der Waals surface area (Å²) < 4.78 is 28.7. The number of hydrogen-bond donors (Lipinski definition) is 2. The molecule has 2 aromatic carbocycles. The first-order valence-corrected chi connectivity index (χ1v) is 11.3. The van der Waals surface area contributed by atoms with Gasteiger partial charge in [0.2, 0.25) is 10.0 Å². The molecule has 0 radical (unpaired) electrons. The number of nitrogens with one attached hydrogen (secondary N) is 2. The summed E-state index contributed by atoms with van der Waals surface area (Å²) in [4.78, 5) is 16.5. The molecule has 1 aliphatic carbocycles. The third-order valence-corrected chi connectivity index (χ3v) is 6.88. The number of nitrogens with zero attached hydrogens (tertiary/aromatic N) is 1. The molecule has 0 saturated heterocycles. The van der Waals surface area contributed by atoms with Crippen LogP contribution >= 0.6 is 11.3 Å². The largest absolute Gasteiger partial charge is 0.298 e. The van der Waals surface area contributed by atoms with Gasteiger partial charge in [0.05, 0.1) is 4.90 Å². The topological polar surface area (TPSA) is 88.2 Å². The fourth-order valence-electron chi connectivity index (χ4n) is 3.39. The van der Waals surface area contributed by atoms with Crippen molar-refractivity contribution in [2.45, 2.75) is 30.2 Å². The van der Waals surface area contributed by atoms with Crippen LogP contribution in [0.5, 0.6) is 0 Å². The zero-order chi connectivity index (χ0) is 19.6. The first-order valence-electron chi connectivity index (χ1n) is 8.94. The molecular formula is C20H19N3O3S2. The maximum absolute atomic E-state index is 12.9. The van der Waals surface area contributed by atoms with E-state index in [1.807, 2.05) is 24.3 Å². The number of sulfonamides is 1. The molecular weight excluding hydrogens is 394 g/mol. The van der Waals surface area contributed by atoms with E-state index in [0.29, 0.717) is 5.13 Å². The van der Waals surface area contributed by atoms with Crippen molar-refractivity contribution in [3.8, 4) is 0 Å². The Kier molecular flexibility index (Phi) is 5.25. The van der Waals surface area contributed by atoms with Crippen LogP contribution in [0.3, 0.4) is 0 Å². The lowest BCUT2D eigenvalue weighted by molar-refractivity contribution is 0.102. The van der Waals surface area contributed by atoms with E-state index in [-0.39, 0.29) is 16.5 Å². The summed E-state index contributed by atoms with van der Waals surface area (Å²) >= 11 is 1.30. The van der Waals surface area contributed by atoms with Crippen LogP contribution < -0.4 is 10.0 Å². The van der Waals surface area contributed by atoms with Crippen molar-refractivity contribution in [2.75, 3.05) is 5.32 Å². The second kappa shape index (κ2) is 7.83. The van der Waals surface area contributed by atoms with E-state index in [1.165, 1.54) is 29.0 Å². The number of aromatic nitrogens is 1. The van der Waals surface area contributed by atoms with Crippen molar-refractivity contribution >= 4 is 32.4 Å². The lowest BCUT2D eigenvalue weighted by Crippen LogP contribution is -2.31. The molecule has 4 rings (SSSR count). The minimum Gasteiger partial charge on any atom is -0.298 e. The third-order valence-electron chi connectivity index (χ3n) is 4.73. The summed E-state index contributed by atoms with van der Waals surface area (Å²) in [6, 6.07) is 13.7. The highest BCUT2D eigenvalue weighted by molar-refractivity contribution is 7.89. The quantitative estimate of drug-likeness (QED) is 0.667. The van der Waals surface area contributed by atoms with Gasteiger partial charge in [0.25, 0.3) is 5.91 Å². The van der Waals surface area contributed by atoms with Gasteiger partial charge in [-0.3, -0.25) is 10.1 Å². The van der Waals surface area contributed by atoms with E-state index in [0.717, 1.165) is 24.8 Å². The number of carbonyl (C=O) groups excluding carboxylic acids is 1. The third kappa shape index (κ3) is 3.99. The Morgan fingerprint density at radius 2 is 2.00 bits per heavy atom. The highest BCUT2D eigenvalue weighted by Gasteiger charge is 2.26. The van der Waals surface area contributed by atoms with Crippen LogP contribution in [0.25, 0.3) is 0 Å². The predicted molar refractivity (Wildman–Crippen MR) is 109 cm³/mol. The van der Waals surface area contributed by atoms with Crippen molar-refractivity contribution in [3.05, 3.63) is 76.8 Å². The SMILES string of the molecule is O=C(Nc1nccs1)c1cccc(S(=O)(=O)N[C@H]2CCCc3ccccc32)c1. The van der Waals surface area contributed by atoms with Crippen molar-refractivity contribution in [1.82, 2.24) is 9.71 Å². The molecule has 1 amide bonds. The predicted octanol–water partition coefficient (Wildman–Crippen LogP) is 3.75. The van der Waals surface area contributed by atoms with E-state index in [1.54, 1.807) is 23.7 Å². The number of aryl methyl sites for hydroxylation is 1. The second-order valence-corrected chi connectivity index (χ2v) is 9.19. The highest BCUT2D eigenvalue weighted by Crippen LogP contribution is 2.31. The fraction of sp³-hybridized carbons (Fsp3) is 0.200. The number of hydrogen-bond acceptors (Lipinski definition) is 5. The van der Waals surface area contributed by atoms with Crippen LogP contribution in [-0.4, -0.2) is 19.3 Å². The number of carbonyl (C=O) groups is 1. The summed E-state index contributed by atoms with van der Waals surface area (Å²) in [5.74, 6) is -0.394. The van der Waals surface area contributed by atoms with Crippen molar-refractivity contribution in [3.63, 3.8) is 0 Å². The molecule has 2 N–H and O–H groups in total. The van der Waals surface area contributed by atoms with Crippen LogP contribution in [0.15, 0.2) is 65.0 Å². The summed E-state index contributed by atoms with van der Waals surface area (Å²) in [5.41, 5.74) is 2.47. The molecule has 0 fully saturated rings. The van der Waals surface area contributed by atoms with Gasteiger partial charge in [0.15, 0.2) is 5.13 Å². The van der Waals surface area contributed by atoms with Crippen molar-refractivity contribution in [2.24, 2.45) is 0 Å². The molecule has 1 aromatic heterocycles. The maximum Gasteiger partial charge on any atom is 0.257 e. The minimum absolute atomic E-state index is 0.0716. The summed E-state index contributed by atoms with van der Waals surface area (Å²) in [6.45, 7) is 0. The first kappa shape index (κ1) is 18.8. The van der Waals surface area contributed by atoms with Crippen LogP contribution in [0.4, 0.5) is 5.13 Å². The Balaban J connectivity index is 1.56. The smallest absolute Gasteiger partial charge is 0.257 e. The van der Waals surface area contributed by atoms with Gasteiger partial charge in [-0.2, -0.15) is 0 Å². The van der Waals surface area contributed by atoms with Crippen molar-refractivity contribution < 1.29 is 13.2 Å². The monoisotopic (exact) mass is 413 g/mol. The fourth-order valence-corrected chi connectivity index (χ4v) is 5.21. The highest BCUT2D eigenvalue weighted by atomic mass is 32.2. The molecule has 6 nitrogen and oxygen atoms in total. The van der Waals surface area contributed by atoms with Crippen LogP contribution in [0, 0.1) is 0 Å². The van der Waals surface area contributed by atoms with E-state index in [9.17, 15) is 13.2 Å². The van der Waals surface area contributed by atoms with E-state index in [2.05, 4.69) is 15.0 Å². The Morgan fingerprint density at radius 3 is 2.82 bits per heavy atom. The second-order valence-electron chi connectivity index (χ2n) is 6.58. The molecule has 8 heteroatoms. The molecule has 0 bridgehead atoms. The molecule has 28 heavy (non-hydrogen) atoms. The molecule has 0 spiro atoms. The molecule has 1 aliphatic rings. The Morgan fingerprint density at radius 1 is 1.14 bits per heavy atom. The van der Waals surface area contributed by atoms with Crippen LogP contribution in [0.1, 0.15) is 40.4 Å². The van der Waals surface area contributed by atoms with Crippen LogP contribution in [-0.2, 0) is 16.4 Å². The molecule has 144 valence electrons. The Bertz CT molecular complexity index is 1100. The molecule has 3 aromatic rings. The summed E-state index contributed by atoms with van der Waals surface area (Å²) in [6.07, 6.45) is 4.23. The molecule has 0 unspecified atom stereocenters. The van der Waals surface area contributed by atoms with Gasteiger partial charge in [-0.15, -0.1) is 11.3 Å². The molecule has 0 saturated carbocycles. The lowest BCUT2D eigenvalue weighted by Gasteiger charge is -2.26. The van der Waals surface area contributed by atoms with Gasteiger partial charge in [-0.25, -0.2) is 18.1 Å². The maximum atomic E-state index is 12.9. The Hall–Kier alpha value is -2.55. The van der Waals surface area contributed by atoms with E-state index in [4.69, 9.17) is 0 Å². The van der Waals surface area contributed by atoms with Gasteiger partial charge >= 0.3 is 0 Å². The normalized spacial score (nSPS) is 16.4. The summed E-state index contributed by atoms with van der Waals surface area (Å²) in [7, 11) is -3.76. The molecule has 1 heterocycles. The van der Waals surface area contributed by atoms with Crippen LogP contribution in [0.2, 0.25) is 0 Å². The number of thiazole rings is 1. The number of anilines is 1. The van der Waals surface area contributed by atoms with Gasteiger partial charge in [0.1, 0.15) is 0 Å². The number of fused-ring (bicyclic) bond motifs is 1. The lowest BCUT2D eigenvalue weighted by atomic mass is 9.88. The average molecular weight is 414 g/mol. The minimum atomic E-state index is -3.76. The average Bonchev–Trinajstić information content (AvgIpc) is 3.21. The standard InChI is InChI=1S/C20H19N3O3S2/c24-19(22-20-21-11-12-27-20)15-7-3-8-16(13-15)28(25,26)23-18-10-4-6-14-5-1-2-9-17(14)18/h1-3,5,7-9,11-13,18,23H,4,6,10H2,(H,21,22,24)/t18-/m0/s1. The van der Waals surface area contributed by atoms with Gasteiger partial charge in [-0.1, -0.05) is 30.3 Å². The van der Waals surface area contributed by atoms with Gasteiger partial charge in [-0.05, 0) is 48.6 Å². The number of amides is 1. The first-order chi connectivity index (χ1) is 13.5. The van der Waals surface area contributed by atoms with Gasteiger partial charge in [0, 0.05) is 23.2 Å². The number of rotatable bonds is 5. The molecule has 1 atom stereocenters. The summed E-state index contributed by atoms with van der Waals surface area (Å²) in [5, 5.41) is 4.88. The van der Waals surface area contributed by atoms with E-state index >= 15 is 0 Å². The zero-order valence-electron chi connectivity index (χ0n) is 15.0.